The molecule has 2 aromatic carbocycles. The summed E-state index contributed by atoms with van der Waals surface area (Å²) in [6, 6.07) is 9.85. The van der Waals surface area contributed by atoms with Crippen LogP contribution in [0.4, 0.5) is 18.9 Å². The highest BCUT2D eigenvalue weighted by atomic mass is 35.5. The molecule has 1 nitrogen and oxygen atoms in total. The second kappa shape index (κ2) is 4.53. The molecule has 0 saturated heterocycles. The van der Waals surface area contributed by atoms with E-state index in [0.717, 1.165) is 12.1 Å². The van der Waals surface area contributed by atoms with Crippen molar-refractivity contribution in [3.8, 4) is 11.1 Å². The summed E-state index contributed by atoms with van der Waals surface area (Å²) in [6.07, 6.45) is -4.34. The number of alkyl halides is 3. The summed E-state index contributed by atoms with van der Waals surface area (Å²) in [4.78, 5) is 0. The van der Waals surface area contributed by atoms with Crippen LogP contribution in [0.2, 0.25) is 5.02 Å². The molecule has 0 aliphatic heterocycles. The van der Waals surface area contributed by atoms with Crippen LogP contribution in [-0.2, 0) is 6.18 Å². The van der Waals surface area contributed by atoms with Crippen LogP contribution in [0.3, 0.4) is 0 Å². The van der Waals surface area contributed by atoms with Crippen LogP contribution in [0, 0.1) is 0 Å². The second-order valence-corrected chi connectivity index (χ2v) is 4.16. The van der Waals surface area contributed by atoms with E-state index in [2.05, 4.69) is 0 Å². The number of anilines is 1. The van der Waals surface area contributed by atoms with E-state index in [1.807, 2.05) is 0 Å². The highest BCUT2D eigenvalue weighted by Gasteiger charge is 2.30. The van der Waals surface area contributed by atoms with Crippen LogP contribution in [-0.4, -0.2) is 0 Å². The summed E-state index contributed by atoms with van der Waals surface area (Å²) < 4.78 is 37.3. The Labute approximate surface area is 107 Å². The molecule has 0 amide bonds. The van der Waals surface area contributed by atoms with Crippen LogP contribution in [0.25, 0.3) is 11.1 Å². The summed E-state index contributed by atoms with van der Waals surface area (Å²) in [6.45, 7) is 0. The number of halogens is 4. The van der Waals surface area contributed by atoms with Gasteiger partial charge in [0.15, 0.2) is 0 Å². The molecule has 94 valence electrons. The Kier molecular flexibility index (Phi) is 3.22. The lowest BCUT2D eigenvalue weighted by atomic mass is 10.0. The van der Waals surface area contributed by atoms with Crippen LogP contribution in [0.15, 0.2) is 42.5 Å². The second-order valence-electron chi connectivity index (χ2n) is 3.78. The van der Waals surface area contributed by atoms with Crippen molar-refractivity contribution < 1.29 is 13.2 Å². The molecule has 2 aromatic rings. The Morgan fingerprint density at radius 3 is 2.11 bits per heavy atom. The zero-order valence-electron chi connectivity index (χ0n) is 9.13. The van der Waals surface area contributed by atoms with E-state index in [4.69, 9.17) is 17.3 Å². The Morgan fingerprint density at radius 2 is 1.56 bits per heavy atom. The molecule has 0 aliphatic rings. The highest BCUT2D eigenvalue weighted by Crippen LogP contribution is 2.34. The number of benzene rings is 2. The number of nitrogen functional groups attached to an aromatic ring is 1. The van der Waals surface area contributed by atoms with Gasteiger partial charge in [-0.3, -0.25) is 0 Å². The van der Waals surface area contributed by atoms with Crippen LogP contribution in [0.1, 0.15) is 5.56 Å². The molecule has 0 aliphatic carbocycles. The molecule has 0 bridgehead atoms. The van der Waals surface area contributed by atoms with E-state index in [1.165, 1.54) is 12.1 Å². The number of hydrogen-bond acceptors (Lipinski definition) is 1. The molecule has 0 radical (unpaired) electrons. The molecule has 0 fully saturated rings. The van der Waals surface area contributed by atoms with Crippen molar-refractivity contribution >= 4 is 17.3 Å². The van der Waals surface area contributed by atoms with Gasteiger partial charge in [0, 0.05) is 5.56 Å². The van der Waals surface area contributed by atoms with Gasteiger partial charge in [0.1, 0.15) is 0 Å². The van der Waals surface area contributed by atoms with Gasteiger partial charge < -0.3 is 5.73 Å². The maximum Gasteiger partial charge on any atom is 0.416 e. The van der Waals surface area contributed by atoms with Gasteiger partial charge in [0.25, 0.3) is 0 Å². The van der Waals surface area contributed by atoms with Crippen molar-refractivity contribution in [1.82, 2.24) is 0 Å². The van der Waals surface area contributed by atoms with E-state index in [1.54, 1.807) is 18.2 Å². The van der Waals surface area contributed by atoms with E-state index >= 15 is 0 Å². The lowest BCUT2D eigenvalue weighted by Gasteiger charge is -2.09. The van der Waals surface area contributed by atoms with Gasteiger partial charge in [-0.25, -0.2) is 0 Å². The molecule has 0 atom stereocenters. The molecule has 0 aromatic heterocycles. The smallest absolute Gasteiger partial charge is 0.398 e. The van der Waals surface area contributed by atoms with Crippen molar-refractivity contribution in [3.05, 3.63) is 53.1 Å². The first-order valence-corrected chi connectivity index (χ1v) is 5.49. The number of rotatable bonds is 1. The van der Waals surface area contributed by atoms with Crippen molar-refractivity contribution in [3.63, 3.8) is 0 Å². The fraction of sp³-hybridized carbons (Fsp3) is 0.0769. The van der Waals surface area contributed by atoms with Gasteiger partial charge in [0.05, 0.1) is 16.3 Å². The quantitative estimate of drug-likeness (QED) is 0.753. The van der Waals surface area contributed by atoms with Gasteiger partial charge >= 0.3 is 6.18 Å². The van der Waals surface area contributed by atoms with Gasteiger partial charge in [-0.2, -0.15) is 13.2 Å². The van der Waals surface area contributed by atoms with E-state index < -0.39 is 11.7 Å². The number of hydrogen-bond donors (Lipinski definition) is 1. The Bertz CT molecular complexity index is 561. The standard InChI is InChI=1S/C13H9ClF3N/c14-12-10(2-1-3-11(12)18)8-4-6-9(7-5-8)13(15,16)17/h1-7H,18H2. The molecule has 0 unspecified atom stereocenters. The SMILES string of the molecule is Nc1cccc(-c2ccc(C(F)(F)F)cc2)c1Cl. The molecular formula is C13H9ClF3N. The highest BCUT2D eigenvalue weighted by molar-refractivity contribution is 6.35. The Morgan fingerprint density at radius 1 is 0.944 bits per heavy atom. The molecule has 0 spiro atoms. The van der Waals surface area contributed by atoms with Crippen molar-refractivity contribution in [2.45, 2.75) is 6.18 Å². The minimum atomic E-state index is -4.34. The van der Waals surface area contributed by atoms with Gasteiger partial charge in [-0.15, -0.1) is 0 Å². The van der Waals surface area contributed by atoms with Crippen molar-refractivity contribution in [1.29, 1.82) is 0 Å². The summed E-state index contributed by atoms with van der Waals surface area (Å²) in [5.41, 5.74) is 6.57. The van der Waals surface area contributed by atoms with Gasteiger partial charge in [-0.1, -0.05) is 35.9 Å². The molecule has 2 rings (SSSR count). The summed E-state index contributed by atoms with van der Waals surface area (Å²) in [5.74, 6) is 0. The summed E-state index contributed by atoms with van der Waals surface area (Å²) in [5, 5.41) is 0.345. The predicted molar refractivity (Wildman–Crippen MR) is 66.3 cm³/mol. The van der Waals surface area contributed by atoms with Crippen LogP contribution < -0.4 is 5.73 Å². The van der Waals surface area contributed by atoms with Crippen LogP contribution in [0.5, 0.6) is 0 Å². The molecule has 2 N–H and O–H groups in total. The van der Waals surface area contributed by atoms with E-state index in [-0.39, 0.29) is 0 Å². The largest absolute Gasteiger partial charge is 0.416 e. The topological polar surface area (TPSA) is 26.0 Å². The molecule has 18 heavy (non-hydrogen) atoms. The van der Waals surface area contributed by atoms with Crippen molar-refractivity contribution in [2.24, 2.45) is 0 Å². The fourth-order valence-corrected chi connectivity index (χ4v) is 1.85. The molecular weight excluding hydrogens is 263 g/mol. The third kappa shape index (κ3) is 2.43. The lowest BCUT2D eigenvalue weighted by molar-refractivity contribution is -0.137. The van der Waals surface area contributed by atoms with E-state index in [0.29, 0.717) is 21.8 Å². The third-order valence-electron chi connectivity index (χ3n) is 2.55. The minimum Gasteiger partial charge on any atom is -0.398 e. The average molecular weight is 272 g/mol. The van der Waals surface area contributed by atoms with Crippen LogP contribution >= 0.6 is 11.6 Å². The minimum absolute atomic E-state index is 0.345. The third-order valence-corrected chi connectivity index (χ3v) is 2.97. The first kappa shape index (κ1) is 12.8. The molecule has 0 saturated carbocycles. The van der Waals surface area contributed by atoms with E-state index in [9.17, 15) is 13.2 Å². The Balaban J connectivity index is 2.44. The Hall–Kier alpha value is -1.68. The normalized spacial score (nSPS) is 11.6. The van der Waals surface area contributed by atoms with Crippen molar-refractivity contribution in [2.75, 3.05) is 5.73 Å². The maximum absolute atomic E-state index is 12.4. The first-order chi connectivity index (χ1) is 8.39. The first-order valence-electron chi connectivity index (χ1n) is 5.11. The zero-order chi connectivity index (χ0) is 13.3. The zero-order valence-corrected chi connectivity index (χ0v) is 9.89. The predicted octanol–water partition coefficient (Wildman–Crippen LogP) is 4.61. The van der Waals surface area contributed by atoms with Gasteiger partial charge in [-0.05, 0) is 23.8 Å². The monoisotopic (exact) mass is 271 g/mol. The number of nitrogens with two attached hydrogens (primary N) is 1. The summed E-state index contributed by atoms with van der Waals surface area (Å²) >= 11 is 6.01. The fourth-order valence-electron chi connectivity index (χ4n) is 1.61. The molecule has 0 heterocycles. The lowest BCUT2D eigenvalue weighted by Crippen LogP contribution is -2.04. The summed E-state index contributed by atoms with van der Waals surface area (Å²) in [7, 11) is 0. The van der Waals surface area contributed by atoms with Gasteiger partial charge in [0.2, 0.25) is 0 Å². The molecule has 5 heteroatoms. The average Bonchev–Trinajstić information content (AvgIpc) is 2.32. The maximum atomic E-state index is 12.4.